The van der Waals surface area contributed by atoms with Crippen molar-refractivity contribution in [1.82, 2.24) is 10.2 Å². The Hall–Kier alpha value is -3.25. The van der Waals surface area contributed by atoms with Crippen LogP contribution in [0.2, 0.25) is 0 Å². The summed E-state index contributed by atoms with van der Waals surface area (Å²) in [6.45, 7) is 1.79. The molecule has 0 saturated heterocycles. The Bertz CT molecular complexity index is 1170. The third-order valence-electron chi connectivity index (χ3n) is 4.45. The van der Waals surface area contributed by atoms with Gasteiger partial charge in [-0.25, -0.2) is 4.39 Å². The highest BCUT2D eigenvalue weighted by molar-refractivity contribution is 8.00. The van der Waals surface area contributed by atoms with E-state index in [-0.39, 0.29) is 5.91 Å². The third-order valence-corrected chi connectivity index (χ3v) is 5.54. The average Bonchev–Trinajstić information content (AvgIpc) is 2.74. The van der Waals surface area contributed by atoms with Crippen LogP contribution in [0.4, 0.5) is 10.1 Å². The lowest BCUT2D eigenvalue weighted by atomic mass is 10.1. The van der Waals surface area contributed by atoms with Crippen LogP contribution in [0.25, 0.3) is 22.0 Å². The molecule has 4 nitrogen and oxygen atoms in total. The number of hydrogen-bond donors (Lipinski definition) is 1. The first-order valence-corrected chi connectivity index (χ1v) is 10.0. The monoisotopic (exact) mass is 403 g/mol. The van der Waals surface area contributed by atoms with Gasteiger partial charge >= 0.3 is 0 Å². The van der Waals surface area contributed by atoms with Gasteiger partial charge in [0.15, 0.2) is 0 Å². The Balaban J connectivity index is 1.60. The number of carbonyl (C=O) groups is 1. The molecule has 0 bridgehead atoms. The summed E-state index contributed by atoms with van der Waals surface area (Å²) in [4.78, 5) is 12.6. The maximum Gasteiger partial charge on any atom is 0.237 e. The molecule has 0 spiro atoms. The number of hydrogen-bond acceptors (Lipinski definition) is 4. The molecule has 4 aromatic rings. The fourth-order valence-corrected chi connectivity index (χ4v) is 3.90. The van der Waals surface area contributed by atoms with E-state index in [4.69, 9.17) is 0 Å². The number of anilines is 1. The highest BCUT2D eigenvalue weighted by Crippen LogP contribution is 2.33. The summed E-state index contributed by atoms with van der Waals surface area (Å²) < 4.78 is 13.3. The van der Waals surface area contributed by atoms with Crippen LogP contribution in [-0.2, 0) is 4.79 Å². The lowest BCUT2D eigenvalue weighted by molar-refractivity contribution is -0.115. The molecule has 1 heterocycles. The quantitative estimate of drug-likeness (QED) is 0.444. The van der Waals surface area contributed by atoms with Gasteiger partial charge in [-0.3, -0.25) is 4.79 Å². The summed E-state index contributed by atoms with van der Waals surface area (Å²) in [5.41, 5.74) is 2.23. The van der Waals surface area contributed by atoms with Gasteiger partial charge in [-0.15, -0.1) is 10.2 Å². The van der Waals surface area contributed by atoms with Crippen LogP contribution in [0.5, 0.6) is 0 Å². The second kappa shape index (κ2) is 8.41. The maximum absolute atomic E-state index is 13.3. The zero-order chi connectivity index (χ0) is 20.2. The minimum atomic E-state index is -0.432. The summed E-state index contributed by atoms with van der Waals surface area (Å²) in [5.74, 6) is -0.616. The topological polar surface area (TPSA) is 54.9 Å². The second-order valence-electron chi connectivity index (χ2n) is 6.53. The molecular formula is C23H18FN3OS. The predicted molar refractivity (Wildman–Crippen MR) is 115 cm³/mol. The van der Waals surface area contributed by atoms with Crippen molar-refractivity contribution in [2.24, 2.45) is 0 Å². The number of rotatable bonds is 5. The lowest BCUT2D eigenvalue weighted by Gasteiger charge is -2.14. The average molecular weight is 403 g/mol. The van der Waals surface area contributed by atoms with Crippen LogP contribution in [0.1, 0.15) is 6.92 Å². The van der Waals surface area contributed by atoms with Crippen molar-refractivity contribution in [3.8, 4) is 11.3 Å². The van der Waals surface area contributed by atoms with Crippen LogP contribution in [0.3, 0.4) is 0 Å². The molecule has 0 aliphatic carbocycles. The maximum atomic E-state index is 13.3. The number of benzene rings is 3. The van der Waals surface area contributed by atoms with E-state index in [1.165, 1.54) is 23.9 Å². The second-order valence-corrected chi connectivity index (χ2v) is 7.85. The highest BCUT2D eigenvalue weighted by atomic mass is 32.2. The SMILES string of the molecule is CC(Sc1nnc(-c2ccccc2)c2ccccc12)C(=O)Nc1cccc(F)c1. The van der Waals surface area contributed by atoms with Crippen LogP contribution < -0.4 is 5.32 Å². The minimum absolute atomic E-state index is 0.224. The molecule has 0 radical (unpaired) electrons. The minimum Gasteiger partial charge on any atom is -0.325 e. The molecular weight excluding hydrogens is 385 g/mol. The van der Waals surface area contributed by atoms with E-state index in [1.54, 1.807) is 19.1 Å². The van der Waals surface area contributed by atoms with Crippen molar-refractivity contribution in [3.63, 3.8) is 0 Å². The number of halogens is 1. The lowest BCUT2D eigenvalue weighted by Crippen LogP contribution is -2.22. The third kappa shape index (κ3) is 4.27. The van der Waals surface area contributed by atoms with Crippen molar-refractivity contribution in [2.75, 3.05) is 5.32 Å². The van der Waals surface area contributed by atoms with E-state index in [9.17, 15) is 9.18 Å². The largest absolute Gasteiger partial charge is 0.325 e. The van der Waals surface area contributed by atoms with Gasteiger partial charge in [-0.2, -0.15) is 0 Å². The van der Waals surface area contributed by atoms with Gasteiger partial charge in [0.05, 0.1) is 5.25 Å². The Morgan fingerprint density at radius 2 is 1.66 bits per heavy atom. The Morgan fingerprint density at radius 3 is 2.41 bits per heavy atom. The molecule has 4 rings (SSSR count). The standard InChI is InChI=1S/C23H18FN3OS/c1-15(22(28)25-18-11-7-10-17(24)14-18)29-23-20-13-6-5-12-19(20)21(26-27-23)16-8-3-2-4-9-16/h2-15H,1H3,(H,25,28). The van der Waals surface area contributed by atoms with E-state index in [0.717, 1.165) is 22.0 Å². The molecule has 3 aromatic carbocycles. The molecule has 1 amide bonds. The number of amides is 1. The van der Waals surface area contributed by atoms with Crippen LogP contribution >= 0.6 is 11.8 Å². The fraction of sp³-hybridized carbons (Fsp3) is 0.0870. The summed E-state index contributed by atoms with van der Waals surface area (Å²) in [6, 6.07) is 23.6. The van der Waals surface area contributed by atoms with Gasteiger partial charge in [0.2, 0.25) is 5.91 Å². The molecule has 1 N–H and O–H groups in total. The highest BCUT2D eigenvalue weighted by Gasteiger charge is 2.19. The number of fused-ring (bicyclic) bond motifs is 1. The normalized spacial score (nSPS) is 11.9. The Morgan fingerprint density at radius 1 is 0.931 bits per heavy atom. The molecule has 1 atom stereocenters. The molecule has 0 fully saturated rings. The summed E-state index contributed by atoms with van der Waals surface area (Å²) >= 11 is 1.33. The zero-order valence-electron chi connectivity index (χ0n) is 15.7. The summed E-state index contributed by atoms with van der Waals surface area (Å²) in [7, 11) is 0. The van der Waals surface area contributed by atoms with E-state index >= 15 is 0 Å². The number of nitrogens with one attached hydrogen (secondary N) is 1. The van der Waals surface area contributed by atoms with Gasteiger partial charge < -0.3 is 5.32 Å². The summed E-state index contributed by atoms with van der Waals surface area (Å²) in [5, 5.41) is 13.7. The first-order valence-electron chi connectivity index (χ1n) is 9.16. The number of carbonyl (C=O) groups excluding carboxylic acids is 1. The first-order chi connectivity index (χ1) is 14.1. The first kappa shape index (κ1) is 19.1. The Labute approximate surface area is 172 Å². The van der Waals surface area contributed by atoms with Crippen molar-refractivity contribution in [1.29, 1.82) is 0 Å². The van der Waals surface area contributed by atoms with Gasteiger partial charge in [0.25, 0.3) is 0 Å². The zero-order valence-corrected chi connectivity index (χ0v) is 16.5. The van der Waals surface area contributed by atoms with Crippen molar-refractivity contribution < 1.29 is 9.18 Å². The number of nitrogens with zero attached hydrogens (tertiary/aromatic N) is 2. The van der Waals surface area contributed by atoms with Crippen LogP contribution in [-0.4, -0.2) is 21.4 Å². The molecule has 1 aromatic heterocycles. The van der Waals surface area contributed by atoms with E-state index < -0.39 is 11.1 Å². The molecule has 144 valence electrons. The van der Waals surface area contributed by atoms with Gasteiger partial charge in [-0.1, -0.05) is 72.4 Å². The fourth-order valence-electron chi connectivity index (χ4n) is 3.01. The summed E-state index contributed by atoms with van der Waals surface area (Å²) in [6.07, 6.45) is 0. The van der Waals surface area contributed by atoms with Crippen LogP contribution in [0, 0.1) is 5.82 Å². The van der Waals surface area contributed by atoms with E-state index in [0.29, 0.717) is 10.7 Å². The van der Waals surface area contributed by atoms with E-state index in [2.05, 4.69) is 15.5 Å². The van der Waals surface area contributed by atoms with Crippen molar-refractivity contribution >= 4 is 34.1 Å². The molecule has 0 aliphatic heterocycles. The molecule has 0 saturated carbocycles. The predicted octanol–water partition coefficient (Wildman–Crippen LogP) is 5.56. The molecule has 29 heavy (non-hydrogen) atoms. The smallest absolute Gasteiger partial charge is 0.237 e. The Kier molecular flexibility index (Phi) is 5.53. The van der Waals surface area contributed by atoms with Crippen molar-refractivity contribution in [3.05, 3.63) is 84.7 Å². The van der Waals surface area contributed by atoms with Gasteiger partial charge in [-0.05, 0) is 25.1 Å². The van der Waals surface area contributed by atoms with Gasteiger partial charge in [0, 0.05) is 22.0 Å². The van der Waals surface area contributed by atoms with Crippen LogP contribution in [0.15, 0.2) is 83.9 Å². The number of aromatic nitrogens is 2. The molecule has 0 aliphatic rings. The number of thioether (sulfide) groups is 1. The van der Waals surface area contributed by atoms with E-state index in [1.807, 2.05) is 54.6 Å². The van der Waals surface area contributed by atoms with Crippen molar-refractivity contribution in [2.45, 2.75) is 17.2 Å². The molecule has 6 heteroatoms. The van der Waals surface area contributed by atoms with Gasteiger partial charge in [0.1, 0.15) is 16.5 Å². The molecule has 1 unspecified atom stereocenters.